The van der Waals surface area contributed by atoms with Gasteiger partial charge in [0.1, 0.15) is 0 Å². The summed E-state index contributed by atoms with van der Waals surface area (Å²) in [5.74, 6) is -5.65. The van der Waals surface area contributed by atoms with Crippen molar-refractivity contribution in [3.05, 3.63) is 71.8 Å². The predicted octanol–water partition coefficient (Wildman–Crippen LogP) is 4.04. The first kappa shape index (κ1) is 14.2. The molecule has 0 saturated carbocycles. The van der Waals surface area contributed by atoms with Crippen LogP contribution in [0.4, 0.5) is 8.78 Å². The number of rotatable bonds is 5. The average Bonchev–Trinajstić information content (AvgIpc) is 2.46. The van der Waals surface area contributed by atoms with E-state index in [4.69, 9.17) is 0 Å². The Hall–Kier alpha value is -2.23. The van der Waals surface area contributed by atoms with Crippen molar-refractivity contribution in [2.75, 3.05) is 0 Å². The normalized spacial score (nSPS) is 12.9. The molecule has 1 atom stereocenters. The molecule has 0 saturated heterocycles. The lowest BCUT2D eigenvalue weighted by atomic mass is 9.90. The van der Waals surface area contributed by atoms with Gasteiger partial charge < -0.3 is 5.11 Å². The third kappa shape index (κ3) is 3.20. The molecule has 0 heterocycles. The van der Waals surface area contributed by atoms with E-state index in [0.29, 0.717) is 5.56 Å². The smallest absolute Gasteiger partial charge is 0.311 e. The van der Waals surface area contributed by atoms with E-state index in [0.717, 1.165) is 0 Å². The highest BCUT2D eigenvalue weighted by atomic mass is 19.3. The van der Waals surface area contributed by atoms with Gasteiger partial charge in [-0.3, -0.25) is 4.79 Å². The number of carbonyl (C=O) groups is 1. The van der Waals surface area contributed by atoms with Crippen molar-refractivity contribution in [3.63, 3.8) is 0 Å². The molecular formula is C16H14F2O2. The molecule has 0 fully saturated rings. The second-order valence-corrected chi connectivity index (χ2v) is 4.58. The zero-order chi connectivity index (χ0) is 14.6. The van der Waals surface area contributed by atoms with Gasteiger partial charge in [-0.15, -0.1) is 0 Å². The van der Waals surface area contributed by atoms with E-state index in [9.17, 15) is 18.7 Å². The average molecular weight is 276 g/mol. The molecule has 1 N–H and O–H groups in total. The second kappa shape index (κ2) is 5.82. The molecule has 0 aromatic heterocycles. The molecule has 0 aliphatic rings. The Labute approximate surface area is 115 Å². The zero-order valence-electron chi connectivity index (χ0n) is 10.7. The Morgan fingerprint density at radius 3 is 2.00 bits per heavy atom. The second-order valence-electron chi connectivity index (χ2n) is 4.58. The Bertz CT molecular complexity index is 568. The summed E-state index contributed by atoms with van der Waals surface area (Å²) < 4.78 is 28.4. The fourth-order valence-electron chi connectivity index (χ4n) is 2.09. The minimum atomic E-state index is -3.18. The van der Waals surface area contributed by atoms with Crippen LogP contribution >= 0.6 is 0 Å². The van der Waals surface area contributed by atoms with E-state index >= 15 is 0 Å². The van der Waals surface area contributed by atoms with Crippen molar-refractivity contribution in [2.45, 2.75) is 18.3 Å². The molecule has 0 bridgehead atoms. The molecule has 0 aliphatic carbocycles. The molecule has 2 nitrogen and oxygen atoms in total. The number of hydrogen-bond acceptors (Lipinski definition) is 1. The zero-order valence-corrected chi connectivity index (χ0v) is 10.7. The number of carboxylic acids is 1. The molecular weight excluding hydrogens is 262 g/mol. The highest BCUT2D eigenvalue weighted by Crippen LogP contribution is 2.38. The quantitative estimate of drug-likeness (QED) is 0.895. The minimum Gasteiger partial charge on any atom is -0.481 e. The lowest BCUT2D eigenvalue weighted by molar-refractivity contribution is -0.141. The Morgan fingerprint density at radius 1 is 1.00 bits per heavy atom. The van der Waals surface area contributed by atoms with E-state index in [1.165, 1.54) is 24.3 Å². The van der Waals surface area contributed by atoms with Crippen molar-refractivity contribution in [2.24, 2.45) is 0 Å². The number of hydrogen-bond donors (Lipinski definition) is 1. The molecule has 4 heteroatoms. The Morgan fingerprint density at radius 2 is 1.50 bits per heavy atom. The number of benzene rings is 2. The van der Waals surface area contributed by atoms with Gasteiger partial charge in [-0.25, -0.2) is 8.78 Å². The molecule has 0 spiro atoms. The standard InChI is InChI=1S/C16H14F2O2/c17-16(18,13-9-5-2-6-10-13)11-14(15(19)20)12-7-3-1-4-8-12/h1-10,14H,11H2,(H,19,20). The van der Waals surface area contributed by atoms with Gasteiger partial charge in [0.25, 0.3) is 5.92 Å². The highest BCUT2D eigenvalue weighted by Gasteiger charge is 2.37. The predicted molar refractivity (Wildman–Crippen MR) is 71.8 cm³/mol. The van der Waals surface area contributed by atoms with Crippen molar-refractivity contribution in [1.29, 1.82) is 0 Å². The van der Waals surface area contributed by atoms with E-state index < -0.39 is 24.2 Å². The molecule has 104 valence electrons. The molecule has 0 amide bonds. The summed E-state index contributed by atoms with van der Waals surface area (Å²) in [6, 6.07) is 15.4. The van der Waals surface area contributed by atoms with Crippen LogP contribution in [-0.2, 0) is 10.7 Å². The first-order valence-electron chi connectivity index (χ1n) is 6.22. The summed E-state index contributed by atoms with van der Waals surface area (Å²) in [6.45, 7) is 0. The first-order valence-corrected chi connectivity index (χ1v) is 6.22. The molecule has 2 aromatic rings. The summed E-state index contributed by atoms with van der Waals surface area (Å²) in [5.41, 5.74) is 0.220. The third-order valence-corrected chi connectivity index (χ3v) is 3.16. The van der Waals surface area contributed by atoms with Crippen LogP contribution in [0.2, 0.25) is 0 Å². The number of carboxylic acid groups (broad SMARTS) is 1. The maximum Gasteiger partial charge on any atom is 0.311 e. The van der Waals surface area contributed by atoms with E-state index in [1.807, 2.05) is 0 Å². The van der Waals surface area contributed by atoms with Crippen LogP contribution in [0.25, 0.3) is 0 Å². The highest BCUT2D eigenvalue weighted by molar-refractivity contribution is 5.76. The lowest BCUT2D eigenvalue weighted by Gasteiger charge is -2.21. The fourth-order valence-corrected chi connectivity index (χ4v) is 2.09. The van der Waals surface area contributed by atoms with E-state index in [-0.39, 0.29) is 5.56 Å². The molecule has 2 aromatic carbocycles. The molecule has 20 heavy (non-hydrogen) atoms. The topological polar surface area (TPSA) is 37.3 Å². The van der Waals surface area contributed by atoms with Crippen LogP contribution in [0.3, 0.4) is 0 Å². The van der Waals surface area contributed by atoms with Gasteiger partial charge in [0, 0.05) is 12.0 Å². The lowest BCUT2D eigenvalue weighted by Crippen LogP contribution is -2.22. The van der Waals surface area contributed by atoms with Crippen molar-refractivity contribution < 1.29 is 18.7 Å². The number of halogens is 2. The number of aliphatic carboxylic acids is 1. The van der Waals surface area contributed by atoms with E-state index in [1.54, 1.807) is 36.4 Å². The SMILES string of the molecule is O=C(O)C(CC(F)(F)c1ccccc1)c1ccccc1. The monoisotopic (exact) mass is 276 g/mol. The first-order chi connectivity index (χ1) is 9.50. The molecule has 0 radical (unpaired) electrons. The maximum atomic E-state index is 14.2. The summed E-state index contributed by atoms with van der Waals surface area (Å²) in [5, 5.41) is 9.20. The fraction of sp³-hybridized carbons (Fsp3) is 0.188. The maximum absolute atomic E-state index is 14.2. The molecule has 2 rings (SSSR count). The van der Waals surface area contributed by atoms with Crippen molar-refractivity contribution in [3.8, 4) is 0 Å². The van der Waals surface area contributed by atoms with Crippen molar-refractivity contribution in [1.82, 2.24) is 0 Å². The van der Waals surface area contributed by atoms with Gasteiger partial charge in [-0.05, 0) is 5.56 Å². The van der Waals surface area contributed by atoms with Crippen LogP contribution in [-0.4, -0.2) is 11.1 Å². The van der Waals surface area contributed by atoms with E-state index in [2.05, 4.69) is 0 Å². The molecule has 0 aliphatic heterocycles. The summed E-state index contributed by atoms with van der Waals surface area (Å²) >= 11 is 0. The van der Waals surface area contributed by atoms with Crippen LogP contribution in [0.15, 0.2) is 60.7 Å². The van der Waals surface area contributed by atoms with Crippen LogP contribution < -0.4 is 0 Å². The Kier molecular flexibility index (Phi) is 4.13. The summed E-state index contributed by atoms with van der Waals surface area (Å²) in [4.78, 5) is 11.3. The number of alkyl halides is 2. The molecule has 1 unspecified atom stereocenters. The van der Waals surface area contributed by atoms with Crippen molar-refractivity contribution >= 4 is 5.97 Å². The minimum absolute atomic E-state index is 0.165. The Balaban J connectivity index is 2.27. The summed E-state index contributed by atoms with van der Waals surface area (Å²) in [7, 11) is 0. The van der Waals surface area contributed by atoms with Gasteiger partial charge in [0.05, 0.1) is 5.92 Å². The third-order valence-electron chi connectivity index (χ3n) is 3.16. The van der Waals surface area contributed by atoms with Gasteiger partial charge >= 0.3 is 5.97 Å². The van der Waals surface area contributed by atoms with Crippen LogP contribution in [0.1, 0.15) is 23.5 Å². The largest absolute Gasteiger partial charge is 0.481 e. The van der Waals surface area contributed by atoms with Crippen LogP contribution in [0.5, 0.6) is 0 Å². The van der Waals surface area contributed by atoms with Gasteiger partial charge in [0.15, 0.2) is 0 Å². The van der Waals surface area contributed by atoms with Gasteiger partial charge in [-0.1, -0.05) is 60.7 Å². The summed E-state index contributed by atoms with van der Waals surface area (Å²) in [6.07, 6.45) is -0.754. The van der Waals surface area contributed by atoms with Gasteiger partial charge in [-0.2, -0.15) is 0 Å². The van der Waals surface area contributed by atoms with Gasteiger partial charge in [0.2, 0.25) is 0 Å². The van der Waals surface area contributed by atoms with Crippen LogP contribution in [0, 0.1) is 0 Å².